The van der Waals surface area contributed by atoms with Crippen LogP contribution in [-0.2, 0) is 19.1 Å². The van der Waals surface area contributed by atoms with Gasteiger partial charge in [0.15, 0.2) is 6.10 Å². The van der Waals surface area contributed by atoms with Crippen molar-refractivity contribution in [2.24, 2.45) is 0 Å². The van der Waals surface area contributed by atoms with Crippen LogP contribution in [0.1, 0.15) is 271 Å². The van der Waals surface area contributed by atoms with Gasteiger partial charge in [0.1, 0.15) is 6.61 Å². The van der Waals surface area contributed by atoms with E-state index in [0.717, 1.165) is 122 Å². The second-order valence-corrected chi connectivity index (χ2v) is 20.7. The Labute approximate surface area is 481 Å². The molecule has 0 aromatic rings. The van der Waals surface area contributed by atoms with Crippen LogP contribution in [0, 0.1) is 0 Å². The van der Waals surface area contributed by atoms with Crippen molar-refractivity contribution in [3.05, 3.63) is 158 Å². The average Bonchev–Trinajstić information content (AvgIpc) is 3.44. The number of carbonyl (C=O) groups excluding carboxylic acids is 2. The van der Waals surface area contributed by atoms with E-state index in [1.165, 1.54) is 122 Å². The summed E-state index contributed by atoms with van der Waals surface area (Å²) in [4.78, 5) is 24.6. The van der Waals surface area contributed by atoms with E-state index >= 15 is 0 Å². The fourth-order valence-corrected chi connectivity index (χ4v) is 8.60. The van der Waals surface area contributed by atoms with Gasteiger partial charge in [0.25, 0.3) is 0 Å². The van der Waals surface area contributed by atoms with Crippen LogP contribution in [0.4, 0.5) is 0 Å². The molecule has 0 spiro atoms. The molecule has 0 aromatic carbocycles. The molecule has 0 aliphatic heterocycles. The van der Waals surface area contributed by atoms with Gasteiger partial charge < -0.3 is 14.6 Å². The molecule has 0 amide bonds. The highest BCUT2D eigenvalue weighted by atomic mass is 16.6. The minimum Gasteiger partial charge on any atom is -0.462 e. The quantitative estimate of drug-likeness (QED) is 0.0373. The minimum absolute atomic E-state index is 0.0755. The highest BCUT2D eigenvalue weighted by Crippen LogP contribution is 2.16. The predicted octanol–water partition coefficient (Wildman–Crippen LogP) is 22.3. The van der Waals surface area contributed by atoms with E-state index in [9.17, 15) is 14.7 Å². The summed E-state index contributed by atoms with van der Waals surface area (Å²) in [5.41, 5.74) is 0. The van der Waals surface area contributed by atoms with Crippen LogP contribution in [0.15, 0.2) is 158 Å². The summed E-state index contributed by atoms with van der Waals surface area (Å²) < 4.78 is 10.7. The third kappa shape index (κ3) is 64.0. The van der Waals surface area contributed by atoms with Gasteiger partial charge in [0, 0.05) is 12.8 Å². The zero-order valence-electron chi connectivity index (χ0n) is 50.4. The molecule has 1 atom stereocenters. The number of hydrogen-bond donors (Lipinski definition) is 1. The van der Waals surface area contributed by atoms with Crippen molar-refractivity contribution in [3.63, 3.8) is 0 Å². The van der Waals surface area contributed by atoms with Gasteiger partial charge in [-0.15, -0.1) is 0 Å². The second-order valence-electron chi connectivity index (χ2n) is 20.7. The number of ether oxygens (including phenoxy) is 2. The molecule has 0 aliphatic rings. The Hall–Kier alpha value is -4.48. The SMILES string of the molecule is CC/C=C\C/C=C\C/C=C\C/C=C\C/C=C\C/C=C\C/C=C\C/C=C\C/C=C\CCCCCCCCCCCCCCCC(=O)OC(CO)COC(=O)CCCCCCCCCCCC/C=C\C/C=C\C/C=C\C/C=C\CC. The van der Waals surface area contributed by atoms with Crippen LogP contribution in [0.2, 0.25) is 0 Å². The molecule has 5 nitrogen and oxygen atoms in total. The molecule has 1 N–H and O–H groups in total. The lowest BCUT2D eigenvalue weighted by Gasteiger charge is -2.15. The first kappa shape index (κ1) is 73.5. The van der Waals surface area contributed by atoms with Gasteiger partial charge in [0.2, 0.25) is 0 Å². The van der Waals surface area contributed by atoms with E-state index in [0.29, 0.717) is 12.8 Å². The number of rotatable bonds is 57. The van der Waals surface area contributed by atoms with E-state index in [4.69, 9.17) is 9.47 Å². The lowest BCUT2D eigenvalue weighted by Crippen LogP contribution is -2.28. The van der Waals surface area contributed by atoms with Crippen molar-refractivity contribution < 1.29 is 24.2 Å². The van der Waals surface area contributed by atoms with E-state index in [1.54, 1.807) is 0 Å². The summed E-state index contributed by atoms with van der Waals surface area (Å²) in [5.74, 6) is -0.600. The third-order valence-corrected chi connectivity index (χ3v) is 13.3. The molecule has 1 unspecified atom stereocenters. The van der Waals surface area contributed by atoms with E-state index in [1.807, 2.05) is 0 Å². The Morgan fingerprint density at radius 3 is 0.769 bits per heavy atom. The fraction of sp³-hybridized carbons (Fsp3) is 0.616. The fourth-order valence-electron chi connectivity index (χ4n) is 8.60. The van der Waals surface area contributed by atoms with E-state index in [2.05, 4.69) is 172 Å². The lowest BCUT2D eigenvalue weighted by molar-refractivity contribution is -0.161. The summed E-state index contributed by atoms with van der Waals surface area (Å²) in [6.45, 7) is 3.92. The lowest BCUT2D eigenvalue weighted by atomic mass is 10.0. The summed E-state index contributed by atoms with van der Waals surface area (Å²) in [6, 6.07) is 0. The normalized spacial score (nSPS) is 13.3. The topological polar surface area (TPSA) is 72.8 Å². The molecule has 0 aliphatic carbocycles. The van der Waals surface area contributed by atoms with Crippen molar-refractivity contribution in [2.75, 3.05) is 13.2 Å². The maximum Gasteiger partial charge on any atom is 0.306 e. The van der Waals surface area contributed by atoms with Crippen molar-refractivity contribution >= 4 is 11.9 Å². The number of carbonyl (C=O) groups is 2. The molecule has 0 rings (SSSR count). The Kier molecular flexibility index (Phi) is 63.0. The van der Waals surface area contributed by atoms with E-state index < -0.39 is 6.10 Å². The molecule has 440 valence electrons. The zero-order valence-corrected chi connectivity index (χ0v) is 50.4. The zero-order chi connectivity index (χ0) is 56.2. The largest absolute Gasteiger partial charge is 0.462 e. The molecule has 0 bridgehead atoms. The Balaban J connectivity index is 3.54. The highest BCUT2D eigenvalue weighted by molar-refractivity contribution is 5.70. The third-order valence-electron chi connectivity index (χ3n) is 13.3. The Morgan fingerprint density at radius 1 is 0.295 bits per heavy atom. The van der Waals surface area contributed by atoms with Crippen LogP contribution in [0.5, 0.6) is 0 Å². The molecule has 78 heavy (non-hydrogen) atoms. The van der Waals surface area contributed by atoms with Crippen molar-refractivity contribution in [2.45, 2.75) is 277 Å². The molecule has 0 fully saturated rings. The number of unbranched alkanes of at least 4 members (excludes halogenated alkanes) is 23. The maximum atomic E-state index is 12.3. The standard InChI is InChI=1S/C73H118O5/c1-3-5-7-9-11-13-15-17-19-21-23-25-27-28-29-30-31-32-33-34-35-36-37-38-39-40-41-42-43-44-46-48-50-52-54-56-58-60-62-64-66-68-73(76)78-71(69-74)70-77-72(75)67-65-63-61-59-57-55-53-51-49-47-45-26-24-22-20-18-16-14-12-10-8-6-4-2/h5-8,11-14,17-20,23-26,28-29,31-32,34-35,37-38,40-41,71,74H,3-4,9-10,15-16,21-22,27,30,33,36,39,42-70H2,1-2H3/b7-5-,8-6-,13-11-,14-12-,19-17-,20-18-,25-23-,26-24-,29-28-,32-31-,35-34-,38-37-,41-40-. The van der Waals surface area contributed by atoms with Gasteiger partial charge in [-0.2, -0.15) is 0 Å². The second kappa shape index (κ2) is 66.8. The monoisotopic (exact) mass is 1070 g/mol. The molecule has 0 aromatic heterocycles. The van der Waals surface area contributed by atoms with Crippen LogP contribution in [0.3, 0.4) is 0 Å². The summed E-state index contributed by atoms with van der Waals surface area (Å²) in [7, 11) is 0. The minimum atomic E-state index is -0.785. The summed E-state index contributed by atoms with van der Waals surface area (Å²) in [5, 5.41) is 9.68. The molecular weight excluding hydrogens is 957 g/mol. The maximum absolute atomic E-state index is 12.3. The Morgan fingerprint density at radius 2 is 0.513 bits per heavy atom. The molecule has 0 saturated heterocycles. The van der Waals surface area contributed by atoms with Crippen LogP contribution in [-0.4, -0.2) is 36.4 Å². The van der Waals surface area contributed by atoms with Crippen LogP contribution in [0.25, 0.3) is 0 Å². The first-order chi connectivity index (χ1) is 38.6. The van der Waals surface area contributed by atoms with E-state index in [-0.39, 0.29) is 25.2 Å². The molecule has 5 heteroatoms. The number of hydrogen-bond acceptors (Lipinski definition) is 5. The number of aliphatic hydroxyl groups excluding tert-OH is 1. The summed E-state index contributed by atoms with van der Waals surface area (Å²) >= 11 is 0. The molecule has 0 radical (unpaired) electrons. The van der Waals surface area contributed by atoms with Crippen molar-refractivity contribution in [1.29, 1.82) is 0 Å². The van der Waals surface area contributed by atoms with Crippen molar-refractivity contribution in [1.82, 2.24) is 0 Å². The van der Waals surface area contributed by atoms with Gasteiger partial charge in [-0.05, 0) is 122 Å². The molecule has 0 saturated carbocycles. The van der Waals surface area contributed by atoms with Crippen LogP contribution >= 0.6 is 0 Å². The summed E-state index contributed by atoms with van der Waals surface area (Å²) in [6.07, 6.45) is 102. The first-order valence-electron chi connectivity index (χ1n) is 32.0. The Bertz CT molecular complexity index is 1690. The molecular formula is C73H118O5. The molecule has 0 heterocycles. The van der Waals surface area contributed by atoms with Gasteiger partial charge in [-0.1, -0.05) is 294 Å². The number of allylic oxidation sites excluding steroid dienone is 26. The average molecular weight is 1080 g/mol. The smallest absolute Gasteiger partial charge is 0.306 e. The van der Waals surface area contributed by atoms with Gasteiger partial charge in [-0.25, -0.2) is 0 Å². The predicted molar refractivity (Wildman–Crippen MR) is 343 cm³/mol. The van der Waals surface area contributed by atoms with Gasteiger partial charge in [0.05, 0.1) is 6.61 Å². The first-order valence-corrected chi connectivity index (χ1v) is 32.0. The highest BCUT2D eigenvalue weighted by Gasteiger charge is 2.16. The number of aliphatic hydroxyl groups is 1. The number of esters is 2. The van der Waals surface area contributed by atoms with Gasteiger partial charge in [-0.3, -0.25) is 9.59 Å². The van der Waals surface area contributed by atoms with Crippen molar-refractivity contribution in [3.8, 4) is 0 Å². The van der Waals surface area contributed by atoms with Crippen LogP contribution < -0.4 is 0 Å². The van der Waals surface area contributed by atoms with Gasteiger partial charge >= 0.3 is 11.9 Å².